The van der Waals surface area contributed by atoms with E-state index in [-0.39, 0.29) is 0 Å². The lowest BCUT2D eigenvalue weighted by Gasteiger charge is -2.17. The van der Waals surface area contributed by atoms with Crippen molar-refractivity contribution in [3.63, 3.8) is 0 Å². The van der Waals surface area contributed by atoms with Gasteiger partial charge in [0.15, 0.2) is 0 Å². The molecule has 2 aromatic carbocycles. The maximum Gasteiger partial charge on any atom is 0.104 e. The summed E-state index contributed by atoms with van der Waals surface area (Å²) in [5, 5.41) is 5.86. The number of hydrogen-bond donors (Lipinski definition) is 2. The van der Waals surface area contributed by atoms with Crippen LogP contribution in [0.2, 0.25) is 0 Å². The quantitative estimate of drug-likeness (QED) is 0.833. The maximum absolute atomic E-state index is 5.82. The summed E-state index contributed by atoms with van der Waals surface area (Å²) in [6, 6.07) is 12.4. The first-order valence-corrected chi connectivity index (χ1v) is 7.94. The van der Waals surface area contributed by atoms with E-state index in [9.17, 15) is 0 Å². The second kappa shape index (κ2) is 6.41. The van der Waals surface area contributed by atoms with E-state index in [0.29, 0.717) is 4.99 Å². The van der Waals surface area contributed by atoms with Gasteiger partial charge in [0.05, 0.1) is 0 Å². The van der Waals surface area contributed by atoms with Gasteiger partial charge in [0, 0.05) is 29.7 Å². The first kappa shape index (κ1) is 14.3. The van der Waals surface area contributed by atoms with Crippen LogP contribution in [0.5, 0.6) is 0 Å². The van der Waals surface area contributed by atoms with E-state index in [4.69, 9.17) is 18.0 Å². The van der Waals surface area contributed by atoms with Gasteiger partial charge in [0.2, 0.25) is 0 Å². The van der Waals surface area contributed by atoms with Crippen molar-refractivity contribution in [2.24, 2.45) is 5.73 Å². The number of thiocarbonyl (C=S) groups is 1. The van der Waals surface area contributed by atoms with Crippen molar-refractivity contribution in [3.8, 4) is 0 Å². The Bertz CT molecular complexity index is 648. The Kier molecular flexibility index (Phi) is 4.36. The van der Waals surface area contributed by atoms with Gasteiger partial charge in [-0.2, -0.15) is 0 Å². The second-order valence-electron chi connectivity index (χ2n) is 5.55. The van der Waals surface area contributed by atoms with Crippen molar-refractivity contribution in [1.29, 1.82) is 0 Å². The highest BCUT2D eigenvalue weighted by Crippen LogP contribution is 2.26. The number of nitrogens with one attached hydrogen (secondary N) is 1. The predicted molar refractivity (Wildman–Crippen MR) is 94.0 cm³/mol. The minimum Gasteiger partial charge on any atom is -0.389 e. The molecule has 0 unspecified atom stereocenters. The SMILES string of the molecule is NC(=S)c1ccc(NCCN2CCCC2)c2ccccc12. The van der Waals surface area contributed by atoms with Gasteiger partial charge < -0.3 is 16.0 Å². The summed E-state index contributed by atoms with van der Waals surface area (Å²) < 4.78 is 0. The molecule has 0 atom stereocenters. The zero-order chi connectivity index (χ0) is 14.7. The topological polar surface area (TPSA) is 41.3 Å². The fourth-order valence-corrected chi connectivity index (χ4v) is 3.20. The van der Waals surface area contributed by atoms with Gasteiger partial charge >= 0.3 is 0 Å². The van der Waals surface area contributed by atoms with Crippen LogP contribution < -0.4 is 11.1 Å². The fraction of sp³-hybridized carbons (Fsp3) is 0.353. The van der Waals surface area contributed by atoms with E-state index >= 15 is 0 Å². The molecule has 1 fully saturated rings. The summed E-state index contributed by atoms with van der Waals surface area (Å²) in [5.41, 5.74) is 7.92. The van der Waals surface area contributed by atoms with Crippen LogP contribution in [0.1, 0.15) is 18.4 Å². The summed E-state index contributed by atoms with van der Waals surface area (Å²) in [5.74, 6) is 0. The van der Waals surface area contributed by atoms with Crippen LogP contribution in [0.25, 0.3) is 10.8 Å². The number of hydrogen-bond acceptors (Lipinski definition) is 3. The number of benzene rings is 2. The molecule has 0 aromatic heterocycles. The van der Waals surface area contributed by atoms with E-state index in [1.807, 2.05) is 12.1 Å². The number of likely N-dealkylation sites (tertiary alicyclic amines) is 1. The van der Waals surface area contributed by atoms with Crippen molar-refractivity contribution in [2.75, 3.05) is 31.5 Å². The average molecular weight is 299 g/mol. The molecule has 110 valence electrons. The van der Waals surface area contributed by atoms with E-state index in [1.165, 1.54) is 31.3 Å². The van der Waals surface area contributed by atoms with Crippen LogP contribution in [0.4, 0.5) is 5.69 Å². The highest BCUT2D eigenvalue weighted by Gasteiger charge is 2.11. The molecule has 3 rings (SSSR count). The molecule has 3 N–H and O–H groups in total. The first-order chi connectivity index (χ1) is 10.3. The molecule has 4 heteroatoms. The van der Waals surface area contributed by atoms with Gasteiger partial charge in [-0.15, -0.1) is 0 Å². The lowest BCUT2D eigenvalue weighted by molar-refractivity contribution is 0.353. The largest absolute Gasteiger partial charge is 0.389 e. The van der Waals surface area contributed by atoms with Crippen LogP contribution in [0.15, 0.2) is 36.4 Å². The van der Waals surface area contributed by atoms with Crippen LogP contribution >= 0.6 is 12.2 Å². The standard InChI is InChI=1S/C17H21N3S/c18-17(21)15-7-8-16(14-6-2-1-5-13(14)15)19-9-12-20-10-3-4-11-20/h1-2,5-8,19H,3-4,9-12H2,(H2,18,21). The third-order valence-electron chi connectivity index (χ3n) is 4.13. The highest BCUT2D eigenvalue weighted by atomic mass is 32.1. The van der Waals surface area contributed by atoms with Gasteiger partial charge in [0.1, 0.15) is 4.99 Å². The Morgan fingerprint density at radius 2 is 1.81 bits per heavy atom. The molecule has 0 aliphatic carbocycles. The average Bonchev–Trinajstić information content (AvgIpc) is 3.00. The molecule has 0 radical (unpaired) electrons. The van der Waals surface area contributed by atoms with Crippen LogP contribution in [-0.2, 0) is 0 Å². The number of fused-ring (bicyclic) bond motifs is 1. The molecule has 0 bridgehead atoms. The van der Waals surface area contributed by atoms with Gasteiger partial charge in [0.25, 0.3) is 0 Å². The lowest BCUT2D eigenvalue weighted by atomic mass is 10.0. The molecule has 0 amide bonds. The van der Waals surface area contributed by atoms with Crippen LogP contribution in [0.3, 0.4) is 0 Å². The van der Waals surface area contributed by atoms with E-state index in [0.717, 1.165) is 29.7 Å². The molecular weight excluding hydrogens is 278 g/mol. The highest BCUT2D eigenvalue weighted by molar-refractivity contribution is 7.80. The third-order valence-corrected chi connectivity index (χ3v) is 4.35. The maximum atomic E-state index is 5.82. The van der Waals surface area contributed by atoms with Gasteiger partial charge in [-0.1, -0.05) is 36.5 Å². The zero-order valence-electron chi connectivity index (χ0n) is 12.1. The van der Waals surface area contributed by atoms with Crippen molar-refractivity contribution >= 4 is 33.7 Å². The Balaban J connectivity index is 1.79. The molecule has 0 spiro atoms. The Hall–Kier alpha value is -1.65. The van der Waals surface area contributed by atoms with Crippen molar-refractivity contribution in [3.05, 3.63) is 42.0 Å². The first-order valence-electron chi connectivity index (χ1n) is 7.53. The summed E-state index contributed by atoms with van der Waals surface area (Å²) in [6.45, 7) is 4.55. The molecule has 1 saturated heterocycles. The third kappa shape index (κ3) is 3.17. The smallest absolute Gasteiger partial charge is 0.104 e. The number of rotatable bonds is 5. The molecule has 0 saturated carbocycles. The lowest BCUT2D eigenvalue weighted by Crippen LogP contribution is -2.26. The second-order valence-corrected chi connectivity index (χ2v) is 5.99. The minimum absolute atomic E-state index is 0.454. The minimum atomic E-state index is 0.454. The van der Waals surface area contributed by atoms with Crippen molar-refractivity contribution in [1.82, 2.24) is 4.90 Å². The van der Waals surface area contributed by atoms with E-state index in [1.54, 1.807) is 0 Å². The van der Waals surface area contributed by atoms with Gasteiger partial charge in [-0.3, -0.25) is 0 Å². The molecule has 1 aliphatic heterocycles. The monoisotopic (exact) mass is 299 g/mol. The Morgan fingerprint density at radius 3 is 2.52 bits per heavy atom. The van der Waals surface area contributed by atoms with Crippen LogP contribution in [-0.4, -0.2) is 36.1 Å². The predicted octanol–water partition coefficient (Wildman–Crippen LogP) is 2.98. The Morgan fingerprint density at radius 1 is 1.10 bits per heavy atom. The molecule has 2 aromatic rings. The summed E-state index contributed by atoms with van der Waals surface area (Å²) >= 11 is 5.14. The zero-order valence-corrected chi connectivity index (χ0v) is 13.0. The van der Waals surface area contributed by atoms with Crippen molar-refractivity contribution < 1.29 is 0 Å². The van der Waals surface area contributed by atoms with E-state index in [2.05, 4.69) is 34.5 Å². The molecule has 3 nitrogen and oxygen atoms in total. The number of nitrogens with zero attached hydrogens (tertiary/aromatic N) is 1. The molecular formula is C17H21N3S. The molecule has 21 heavy (non-hydrogen) atoms. The van der Waals surface area contributed by atoms with E-state index < -0.39 is 0 Å². The van der Waals surface area contributed by atoms with Crippen LogP contribution in [0, 0.1) is 0 Å². The summed E-state index contributed by atoms with van der Waals surface area (Å²) in [7, 11) is 0. The fourth-order valence-electron chi connectivity index (χ4n) is 3.02. The van der Waals surface area contributed by atoms with Gasteiger partial charge in [-0.25, -0.2) is 0 Å². The Labute approximate surface area is 131 Å². The molecule has 1 heterocycles. The van der Waals surface area contributed by atoms with Crippen molar-refractivity contribution in [2.45, 2.75) is 12.8 Å². The normalized spacial score (nSPS) is 15.4. The van der Waals surface area contributed by atoms with Gasteiger partial charge in [-0.05, 0) is 43.5 Å². The number of anilines is 1. The summed E-state index contributed by atoms with van der Waals surface area (Å²) in [4.78, 5) is 2.97. The summed E-state index contributed by atoms with van der Waals surface area (Å²) in [6.07, 6.45) is 2.68. The molecule has 1 aliphatic rings. The number of nitrogens with two attached hydrogens (primary N) is 1.